The molecule has 0 aliphatic carbocycles. The van der Waals surface area contributed by atoms with Crippen LogP contribution < -0.4 is 0 Å². The van der Waals surface area contributed by atoms with Crippen molar-refractivity contribution in [1.82, 2.24) is 9.80 Å². The fourth-order valence-electron chi connectivity index (χ4n) is 3.65. The van der Waals surface area contributed by atoms with Crippen LogP contribution in [0.3, 0.4) is 0 Å². The van der Waals surface area contributed by atoms with Gasteiger partial charge in [0.2, 0.25) is 0 Å². The molecule has 43 heavy (non-hydrogen) atoms. The average molecular weight is 614 g/mol. The highest BCUT2D eigenvalue weighted by Gasteiger charge is 2.31. The zero-order valence-electron chi connectivity index (χ0n) is 22.6. The number of benzene rings is 2. The standard InChI is InChI=1S/C9H20N2.2C6H3N3O7/c1-3-5-10-7-8-11(9-10)6-4-2;2*10-6-4(8(13)14)1-3(7(11)12)2-5(6)9(15)16/h3-9H2,1-2H3;2*1-2,10H. The molecule has 1 heterocycles. The molecule has 1 fully saturated rings. The highest BCUT2D eigenvalue weighted by atomic mass is 16.7. The lowest BCUT2D eigenvalue weighted by Gasteiger charge is -2.16. The van der Waals surface area contributed by atoms with E-state index in [1.165, 1.54) is 45.7 Å². The molecule has 1 aliphatic heterocycles. The quantitative estimate of drug-likeness (QED) is 0.285. The number of phenols is 2. The van der Waals surface area contributed by atoms with Crippen LogP contribution in [0.4, 0.5) is 34.1 Å². The van der Waals surface area contributed by atoms with E-state index in [-0.39, 0.29) is 0 Å². The second-order valence-corrected chi connectivity index (χ2v) is 8.59. The second kappa shape index (κ2) is 16.0. The number of aromatic hydroxyl groups is 2. The summed E-state index contributed by atoms with van der Waals surface area (Å²) in [5, 5.41) is 80.4. The van der Waals surface area contributed by atoms with E-state index in [4.69, 9.17) is 10.2 Å². The smallest absolute Gasteiger partial charge is 0.324 e. The Morgan fingerprint density at radius 2 is 0.814 bits per heavy atom. The summed E-state index contributed by atoms with van der Waals surface area (Å²) in [4.78, 5) is 60.6. The minimum Gasteiger partial charge on any atom is -0.497 e. The molecule has 22 heteroatoms. The van der Waals surface area contributed by atoms with Gasteiger partial charge in [0.05, 0.1) is 60.5 Å². The van der Waals surface area contributed by atoms with Gasteiger partial charge in [-0.25, -0.2) is 0 Å². The fourth-order valence-corrected chi connectivity index (χ4v) is 3.65. The Morgan fingerprint density at radius 3 is 1.00 bits per heavy atom. The molecule has 0 spiro atoms. The molecular formula is C21H26N8O14. The molecule has 2 N–H and O–H groups in total. The number of nitro benzene ring substituents is 6. The Balaban J connectivity index is 0.000000329. The van der Waals surface area contributed by atoms with E-state index < -0.39 is 75.2 Å². The number of phenolic OH excluding ortho intramolecular Hbond substituents is 2. The van der Waals surface area contributed by atoms with Crippen molar-refractivity contribution in [3.05, 3.63) is 85.0 Å². The molecule has 1 saturated heterocycles. The van der Waals surface area contributed by atoms with Gasteiger partial charge in [0.15, 0.2) is 0 Å². The van der Waals surface area contributed by atoms with E-state index in [9.17, 15) is 60.7 Å². The van der Waals surface area contributed by atoms with Crippen LogP contribution in [-0.4, -0.2) is 82.4 Å². The maximum Gasteiger partial charge on any atom is 0.324 e. The molecule has 2 aromatic rings. The van der Waals surface area contributed by atoms with Crippen molar-refractivity contribution in [2.75, 3.05) is 32.8 Å². The van der Waals surface area contributed by atoms with E-state index in [1.54, 1.807) is 0 Å². The molecule has 0 bridgehead atoms. The van der Waals surface area contributed by atoms with E-state index in [2.05, 4.69) is 23.6 Å². The summed E-state index contributed by atoms with van der Waals surface area (Å²) in [6.07, 6.45) is 2.58. The third-order valence-electron chi connectivity index (χ3n) is 5.53. The van der Waals surface area contributed by atoms with Gasteiger partial charge in [0.25, 0.3) is 22.9 Å². The van der Waals surface area contributed by atoms with Crippen molar-refractivity contribution in [3.63, 3.8) is 0 Å². The van der Waals surface area contributed by atoms with E-state index in [1.807, 2.05) is 0 Å². The van der Waals surface area contributed by atoms with E-state index in [0.717, 1.165) is 0 Å². The van der Waals surface area contributed by atoms with Gasteiger partial charge in [-0.3, -0.25) is 70.5 Å². The highest BCUT2D eigenvalue weighted by molar-refractivity contribution is 5.65. The molecule has 0 saturated carbocycles. The van der Waals surface area contributed by atoms with Crippen LogP contribution in [-0.2, 0) is 0 Å². The Morgan fingerprint density at radius 1 is 0.558 bits per heavy atom. The minimum absolute atomic E-state index is 0.447. The van der Waals surface area contributed by atoms with Gasteiger partial charge in [-0.15, -0.1) is 0 Å². The summed E-state index contributed by atoms with van der Waals surface area (Å²) in [6.45, 7) is 10.8. The van der Waals surface area contributed by atoms with Crippen molar-refractivity contribution in [2.45, 2.75) is 26.7 Å². The maximum absolute atomic E-state index is 10.4. The Bertz CT molecular complexity index is 1230. The Labute approximate surface area is 240 Å². The molecule has 2 aromatic carbocycles. The van der Waals surface area contributed by atoms with Crippen LogP contribution in [0.1, 0.15) is 26.7 Å². The molecule has 3 rings (SSSR count). The zero-order valence-corrected chi connectivity index (χ0v) is 22.6. The van der Waals surface area contributed by atoms with Gasteiger partial charge in [-0.1, -0.05) is 13.8 Å². The van der Waals surface area contributed by atoms with Gasteiger partial charge in [-0.2, -0.15) is 0 Å². The normalized spacial score (nSPS) is 12.7. The number of nitro groups is 6. The van der Waals surface area contributed by atoms with Crippen LogP contribution >= 0.6 is 0 Å². The fraction of sp³-hybridized carbons (Fsp3) is 0.429. The number of rotatable bonds is 10. The van der Waals surface area contributed by atoms with Crippen molar-refractivity contribution in [2.24, 2.45) is 0 Å². The van der Waals surface area contributed by atoms with Gasteiger partial charge in [-0.05, 0) is 25.9 Å². The summed E-state index contributed by atoms with van der Waals surface area (Å²) in [7, 11) is 0. The first kappa shape index (κ1) is 35.4. The molecular weight excluding hydrogens is 588 g/mol. The van der Waals surface area contributed by atoms with E-state index in [0.29, 0.717) is 24.3 Å². The first-order valence-corrected chi connectivity index (χ1v) is 12.1. The summed E-state index contributed by atoms with van der Waals surface area (Å²) in [5.41, 5.74) is -6.00. The predicted octanol–water partition coefficient (Wildman–Crippen LogP) is 3.62. The van der Waals surface area contributed by atoms with Crippen molar-refractivity contribution < 1.29 is 39.8 Å². The lowest BCUT2D eigenvalue weighted by Crippen LogP contribution is -2.26. The van der Waals surface area contributed by atoms with Gasteiger partial charge < -0.3 is 10.2 Å². The van der Waals surface area contributed by atoms with Crippen molar-refractivity contribution in [1.29, 1.82) is 0 Å². The Hall–Kier alpha value is -5.64. The lowest BCUT2D eigenvalue weighted by molar-refractivity contribution is -0.404. The van der Waals surface area contributed by atoms with Gasteiger partial charge in [0, 0.05) is 13.1 Å². The summed E-state index contributed by atoms with van der Waals surface area (Å²) >= 11 is 0. The Kier molecular flexibility index (Phi) is 13.1. The third kappa shape index (κ3) is 10.0. The van der Waals surface area contributed by atoms with Gasteiger partial charge >= 0.3 is 22.7 Å². The predicted molar refractivity (Wildman–Crippen MR) is 145 cm³/mol. The SMILES string of the molecule is CCCN1CCN(CCC)C1.O=[N+]([O-])c1cc([N+](=O)[O-])c(O)c([N+](=O)[O-])c1.O=[N+]([O-])c1cc([N+](=O)[O-])c(O)c([N+](=O)[O-])c1. The molecule has 0 atom stereocenters. The molecule has 0 unspecified atom stereocenters. The highest BCUT2D eigenvalue weighted by Crippen LogP contribution is 2.40. The monoisotopic (exact) mass is 614 g/mol. The first-order valence-electron chi connectivity index (χ1n) is 12.1. The number of hydrogen-bond acceptors (Lipinski definition) is 16. The first-order chi connectivity index (χ1) is 20.0. The van der Waals surface area contributed by atoms with Crippen LogP contribution in [0.5, 0.6) is 11.5 Å². The number of non-ortho nitro benzene ring substituents is 2. The third-order valence-corrected chi connectivity index (χ3v) is 5.53. The summed E-state index contributed by atoms with van der Waals surface area (Å²) < 4.78 is 0. The molecule has 0 radical (unpaired) electrons. The molecule has 0 amide bonds. The minimum atomic E-state index is -1.21. The summed E-state index contributed by atoms with van der Waals surface area (Å²) in [5.74, 6) is -2.42. The van der Waals surface area contributed by atoms with E-state index >= 15 is 0 Å². The van der Waals surface area contributed by atoms with Gasteiger partial charge in [0.1, 0.15) is 0 Å². The second-order valence-electron chi connectivity index (χ2n) is 8.59. The van der Waals surface area contributed by atoms with Crippen molar-refractivity contribution in [3.8, 4) is 11.5 Å². The molecule has 22 nitrogen and oxygen atoms in total. The molecule has 0 aromatic heterocycles. The number of hydrogen-bond donors (Lipinski definition) is 2. The maximum atomic E-state index is 10.4. The van der Waals surface area contributed by atoms with Crippen LogP contribution in [0.15, 0.2) is 24.3 Å². The molecule has 1 aliphatic rings. The van der Waals surface area contributed by atoms with Crippen LogP contribution in [0.25, 0.3) is 0 Å². The number of nitrogens with zero attached hydrogens (tertiary/aromatic N) is 8. The lowest BCUT2D eigenvalue weighted by atomic mass is 10.2. The van der Waals surface area contributed by atoms with Crippen LogP contribution in [0, 0.1) is 60.7 Å². The topological polar surface area (TPSA) is 306 Å². The average Bonchev–Trinajstić information content (AvgIpc) is 3.36. The van der Waals surface area contributed by atoms with Crippen molar-refractivity contribution >= 4 is 34.1 Å². The zero-order chi connectivity index (χ0) is 33.0. The molecule has 234 valence electrons. The summed E-state index contributed by atoms with van der Waals surface area (Å²) in [6, 6.07) is 1.79. The largest absolute Gasteiger partial charge is 0.497 e. The van der Waals surface area contributed by atoms with Crippen LogP contribution in [0.2, 0.25) is 0 Å².